The van der Waals surface area contributed by atoms with E-state index in [4.69, 9.17) is 22.1 Å². The summed E-state index contributed by atoms with van der Waals surface area (Å²) in [6.07, 6.45) is 3.29. The minimum absolute atomic E-state index is 0.438. The van der Waals surface area contributed by atoms with Gasteiger partial charge < -0.3 is 10.5 Å². The molecule has 1 aromatic carbocycles. The van der Waals surface area contributed by atoms with Gasteiger partial charge in [-0.3, -0.25) is 4.90 Å². The SMILES string of the molecule is Cc1c(C2CC(CN)CN2C)cc(Cl)c2c1CCCO2. The van der Waals surface area contributed by atoms with E-state index in [0.29, 0.717) is 12.0 Å². The van der Waals surface area contributed by atoms with Crippen LogP contribution < -0.4 is 10.5 Å². The lowest BCUT2D eigenvalue weighted by atomic mass is 9.90. The van der Waals surface area contributed by atoms with Gasteiger partial charge in [-0.05, 0) is 68.5 Å². The van der Waals surface area contributed by atoms with Gasteiger partial charge in [0.05, 0.1) is 11.6 Å². The molecular weight excluding hydrogens is 272 g/mol. The highest BCUT2D eigenvalue weighted by molar-refractivity contribution is 6.32. The Labute approximate surface area is 126 Å². The smallest absolute Gasteiger partial charge is 0.141 e. The molecule has 4 heteroatoms. The third-order valence-corrected chi connectivity index (χ3v) is 5.08. The fraction of sp³-hybridized carbons (Fsp3) is 0.625. The van der Waals surface area contributed by atoms with Gasteiger partial charge in [-0.25, -0.2) is 0 Å². The van der Waals surface area contributed by atoms with Crippen molar-refractivity contribution >= 4 is 11.6 Å². The number of fused-ring (bicyclic) bond motifs is 1. The number of hydrogen-bond acceptors (Lipinski definition) is 3. The van der Waals surface area contributed by atoms with Gasteiger partial charge in [0.2, 0.25) is 0 Å². The third-order valence-electron chi connectivity index (χ3n) is 4.80. The highest BCUT2D eigenvalue weighted by Gasteiger charge is 2.32. The predicted octanol–water partition coefficient (Wildman–Crippen LogP) is 2.92. The van der Waals surface area contributed by atoms with E-state index >= 15 is 0 Å². The number of nitrogens with two attached hydrogens (primary N) is 1. The standard InChI is InChI=1S/C16H23ClN2O/c1-10-12-4-3-5-20-16(12)14(17)7-13(10)15-6-11(8-18)9-19(15)2/h7,11,15H,3-6,8-9,18H2,1-2H3. The molecule has 0 saturated carbocycles. The molecule has 20 heavy (non-hydrogen) atoms. The van der Waals surface area contributed by atoms with Crippen LogP contribution in [0.5, 0.6) is 5.75 Å². The van der Waals surface area contributed by atoms with Crippen molar-refractivity contribution < 1.29 is 4.74 Å². The molecule has 0 aromatic heterocycles. The monoisotopic (exact) mass is 294 g/mol. The maximum absolute atomic E-state index is 6.45. The lowest BCUT2D eigenvalue weighted by Gasteiger charge is -2.27. The largest absolute Gasteiger partial charge is 0.492 e. The molecule has 1 fully saturated rings. The van der Waals surface area contributed by atoms with Crippen LogP contribution in [-0.4, -0.2) is 31.6 Å². The molecule has 1 aromatic rings. The van der Waals surface area contributed by atoms with E-state index < -0.39 is 0 Å². The predicted molar refractivity (Wildman–Crippen MR) is 82.5 cm³/mol. The van der Waals surface area contributed by atoms with Crippen LogP contribution in [0.4, 0.5) is 0 Å². The zero-order valence-electron chi connectivity index (χ0n) is 12.3. The van der Waals surface area contributed by atoms with Crippen LogP contribution in [0.15, 0.2) is 6.07 Å². The van der Waals surface area contributed by atoms with Crippen molar-refractivity contribution in [3.8, 4) is 5.75 Å². The first-order valence-electron chi connectivity index (χ1n) is 7.46. The van der Waals surface area contributed by atoms with Gasteiger partial charge in [-0.15, -0.1) is 0 Å². The zero-order chi connectivity index (χ0) is 14.3. The molecule has 2 aliphatic heterocycles. The Balaban J connectivity index is 2.00. The second-order valence-corrected chi connectivity index (χ2v) is 6.53. The first kappa shape index (κ1) is 14.2. The average Bonchev–Trinajstić information content (AvgIpc) is 2.84. The normalized spacial score (nSPS) is 26.4. The number of benzene rings is 1. The van der Waals surface area contributed by atoms with Crippen molar-refractivity contribution in [2.75, 3.05) is 26.7 Å². The second kappa shape index (κ2) is 5.55. The van der Waals surface area contributed by atoms with E-state index in [0.717, 1.165) is 49.7 Å². The summed E-state index contributed by atoms with van der Waals surface area (Å²) in [4.78, 5) is 2.41. The van der Waals surface area contributed by atoms with Crippen LogP contribution in [0.2, 0.25) is 5.02 Å². The van der Waals surface area contributed by atoms with Crippen LogP contribution in [0, 0.1) is 12.8 Å². The summed E-state index contributed by atoms with van der Waals surface area (Å²) in [6.45, 7) is 4.83. The molecule has 1 saturated heterocycles. The van der Waals surface area contributed by atoms with Gasteiger partial charge in [0.25, 0.3) is 0 Å². The van der Waals surface area contributed by atoms with Crippen molar-refractivity contribution in [3.63, 3.8) is 0 Å². The summed E-state index contributed by atoms with van der Waals surface area (Å²) in [7, 11) is 2.18. The fourth-order valence-corrected chi connectivity index (χ4v) is 3.95. The summed E-state index contributed by atoms with van der Waals surface area (Å²) in [5.74, 6) is 1.51. The van der Waals surface area contributed by atoms with Gasteiger partial charge in [0, 0.05) is 12.6 Å². The Morgan fingerprint density at radius 1 is 1.50 bits per heavy atom. The number of likely N-dealkylation sites (tertiary alicyclic amines) is 1. The Morgan fingerprint density at radius 3 is 3.00 bits per heavy atom. The minimum Gasteiger partial charge on any atom is -0.492 e. The first-order valence-corrected chi connectivity index (χ1v) is 7.84. The molecule has 0 aliphatic carbocycles. The van der Waals surface area contributed by atoms with E-state index in [1.54, 1.807) is 0 Å². The van der Waals surface area contributed by atoms with Crippen molar-refractivity contribution in [1.82, 2.24) is 4.90 Å². The highest BCUT2D eigenvalue weighted by atomic mass is 35.5. The van der Waals surface area contributed by atoms with Crippen LogP contribution >= 0.6 is 11.6 Å². The van der Waals surface area contributed by atoms with Gasteiger partial charge in [0.15, 0.2) is 0 Å². The van der Waals surface area contributed by atoms with Gasteiger partial charge in [-0.1, -0.05) is 11.6 Å². The minimum atomic E-state index is 0.438. The highest BCUT2D eigenvalue weighted by Crippen LogP contribution is 2.43. The van der Waals surface area contributed by atoms with E-state index in [9.17, 15) is 0 Å². The number of halogens is 1. The van der Waals surface area contributed by atoms with E-state index in [1.165, 1.54) is 16.7 Å². The van der Waals surface area contributed by atoms with E-state index in [-0.39, 0.29) is 0 Å². The lowest BCUT2D eigenvalue weighted by Crippen LogP contribution is -2.21. The fourth-order valence-electron chi connectivity index (χ4n) is 3.67. The van der Waals surface area contributed by atoms with Gasteiger partial charge in [-0.2, -0.15) is 0 Å². The zero-order valence-corrected chi connectivity index (χ0v) is 13.0. The second-order valence-electron chi connectivity index (χ2n) is 6.13. The summed E-state index contributed by atoms with van der Waals surface area (Å²) in [5, 5.41) is 0.768. The lowest BCUT2D eigenvalue weighted by molar-refractivity contribution is 0.285. The molecule has 2 heterocycles. The Morgan fingerprint density at radius 2 is 2.30 bits per heavy atom. The first-order chi connectivity index (χ1) is 9.61. The van der Waals surface area contributed by atoms with Gasteiger partial charge in [0.1, 0.15) is 5.75 Å². The third kappa shape index (κ3) is 2.32. The maximum Gasteiger partial charge on any atom is 0.141 e. The number of rotatable bonds is 2. The molecule has 2 N–H and O–H groups in total. The van der Waals surface area contributed by atoms with Crippen molar-refractivity contribution in [2.45, 2.75) is 32.2 Å². The molecule has 0 bridgehead atoms. The molecule has 3 nitrogen and oxygen atoms in total. The molecule has 0 spiro atoms. The van der Waals surface area contributed by atoms with Gasteiger partial charge >= 0.3 is 0 Å². The molecular formula is C16H23ClN2O. The molecule has 110 valence electrons. The van der Waals surface area contributed by atoms with Crippen molar-refractivity contribution in [1.29, 1.82) is 0 Å². The molecule has 0 radical (unpaired) electrons. The van der Waals surface area contributed by atoms with Crippen LogP contribution in [0.3, 0.4) is 0 Å². The number of ether oxygens (including phenoxy) is 1. The van der Waals surface area contributed by atoms with Crippen molar-refractivity contribution in [2.24, 2.45) is 11.7 Å². The Kier molecular flexibility index (Phi) is 3.93. The quantitative estimate of drug-likeness (QED) is 0.911. The summed E-state index contributed by atoms with van der Waals surface area (Å²) < 4.78 is 5.76. The topological polar surface area (TPSA) is 38.5 Å². The Bertz CT molecular complexity index is 518. The maximum atomic E-state index is 6.45. The molecule has 3 rings (SSSR count). The molecule has 0 amide bonds. The summed E-state index contributed by atoms with van der Waals surface area (Å²) >= 11 is 6.45. The molecule has 2 atom stereocenters. The number of hydrogen-bond donors (Lipinski definition) is 1. The summed E-state index contributed by atoms with van der Waals surface area (Å²) in [6, 6.07) is 2.55. The van der Waals surface area contributed by atoms with Crippen molar-refractivity contribution in [3.05, 3.63) is 27.8 Å². The number of nitrogens with zero attached hydrogens (tertiary/aromatic N) is 1. The van der Waals surface area contributed by atoms with E-state index in [1.807, 2.05) is 0 Å². The Hall–Kier alpha value is -0.770. The summed E-state index contributed by atoms with van der Waals surface area (Å²) in [5.41, 5.74) is 9.87. The molecule has 2 aliphatic rings. The van der Waals surface area contributed by atoms with Crippen LogP contribution in [0.1, 0.15) is 35.6 Å². The van der Waals surface area contributed by atoms with Crippen LogP contribution in [-0.2, 0) is 6.42 Å². The van der Waals surface area contributed by atoms with E-state index in [2.05, 4.69) is 24.9 Å². The average molecular weight is 295 g/mol. The molecule has 2 unspecified atom stereocenters. The van der Waals surface area contributed by atoms with Crippen LogP contribution in [0.25, 0.3) is 0 Å².